The van der Waals surface area contributed by atoms with E-state index in [1.165, 1.54) is 0 Å². The van der Waals surface area contributed by atoms with Gasteiger partial charge in [0.2, 0.25) is 5.82 Å². The molecular weight excluding hydrogens is 220 g/mol. The van der Waals surface area contributed by atoms with E-state index in [4.69, 9.17) is 5.11 Å². The molecule has 0 atom stereocenters. The predicted octanol–water partition coefficient (Wildman–Crippen LogP) is 0.354. The number of carbonyl (C=O) groups excluding carboxylic acids is 1. The number of aromatic nitrogens is 3. The molecular formula is C11H18N4O2. The van der Waals surface area contributed by atoms with E-state index in [9.17, 15) is 4.79 Å². The summed E-state index contributed by atoms with van der Waals surface area (Å²) in [5, 5.41) is 15.7. The molecule has 1 fully saturated rings. The molecule has 0 radical (unpaired) electrons. The summed E-state index contributed by atoms with van der Waals surface area (Å²) >= 11 is 0. The largest absolute Gasteiger partial charge is 0.395 e. The van der Waals surface area contributed by atoms with Crippen LogP contribution in [-0.2, 0) is 6.42 Å². The quantitative estimate of drug-likeness (QED) is 0.775. The number of nitrogens with zero attached hydrogens (tertiary/aromatic N) is 3. The number of carbonyl (C=O) groups is 1. The lowest BCUT2D eigenvalue weighted by Crippen LogP contribution is -2.46. The molecule has 0 aromatic carbocycles. The maximum atomic E-state index is 12.2. The molecule has 2 N–H and O–H groups in total. The van der Waals surface area contributed by atoms with E-state index in [-0.39, 0.29) is 24.4 Å². The molecule has 1 saturated carbocycles. The number of hydrogen-bond donors (Lipinski definition) is 2. The second-order valence-electron chi connectivity index (χ2n) is 4.27. The van der Waals surface area contributed by atoms with Crippen molar-refractivity contribution in [3.05, 3.63) is 11.6 Å². The first kappa shape index (κ1) is 12.0. The van der Waals surface area contributed by atoms with Crippen molar-refractivity contribution in [1.82, 2.24) is 20.1 Å². The highest BCUT2D eigenvalue weighted by atomic mass is 16.3. The number of aromatic amines is 1. The standard InChI is InChI=1S/C11H18N4O2/c1-2-9-12-10(14-13-9)11(17)15(6-7-16)8-4-3-5-8/h8,16H,2-7H2,1H3,(H,12,13,14). The maximum Gasteiger partial charge on any atom is 0.293 e. The molecule has 0 unspecified atom stereocenters. The zero-order valence-electron chi connectivity index (χ0n) is 10.0. The minimum atomic E-state index is -0.181. The van der Waals surface area contributed by atoms with Gasteiger partial charge in [-0.25, -0.2) is 4.98 Å². The van der Waals surface area contributed by atoms with Crippen LogP contribution in [0.3, 0.4) is 0 Å². The minimum absolute atomic E-state index is 0.0205. The Morgan fingerprint density at radius 1 is 1.59 bits per heavy atom. The molecule has 6 nitrogen and oxygen atoms in total. The fourth-order valence-electron chi connectivity index (χ4n) is 1.93. The average Bonchev–Trinajstić information content (AvgIpc) is 2.73. The van der Waals surface area contributed by atoms with Crippen molar-refractivity contribution < 1.29 is 9.90 Å². The van der Waals surface area contributed by atoms with Gasteiger partial charge in [0.25, 0.3) is 5.91 Å². The third-order valence-corrected chi connectivity index (χ3v) is 3.18. The molecule has 1 aromatic heterocycles. The van der Waals surface area contributed by atoms with E-state index in [0.29, 0.717) is 12.4 Å². The van der Waals surface area contributed by atoms with E-state index >= 15 is 0 Å². The SMILES string of the molecule is CCc1nc(C(=O)N(CCO)C2CCC2)n[nH]1. The molecule has 17 heavy (non-hydrogen) atoms. The maximum absolute atomic E-state index is 12.2. The Bertz CT molecular complexity index is 387. The first-order valence-corrected chi connectivity index (χ1v) is 6.09. The lowest BCUT2D eigenvalue weighted by molar-refractivity contribution is 0.0514. The highest BCUT2D eigenvalue weighted by Crippen LogP contribution is 2.25. The molecule has 1 aromatic rings. The van der Waals surface area contributed by atoms with Gasteiger partial charge in [0, 0.05) is 19.0 Å². The predicted molar refractivity (Wildman–Crippen MR) is 61.5 cm³/mol. The lowest BCUT2D eigenvalue weighted by atomic mass is 9.91. The average molecular weight is 238 g/mol. The van der Waals surface area contributed by atoms with Gasteiger partial charge in [-0.2, -0.15) is 0 Å². The molecule has 0 saturated heterocycles. The summed E-state index contributed by atoms with van der Waals surface area (Å²) in [6.07, 6.45) is 3.89. The molecule has 1 amide bonds. The number of H-pyrrole nitrogens is 1. The smallest absolute Gasteiger partial charge is 0.293 e. The second-order valence-corrected chi connectivity index (χ2v) is 4.27. The zero-order valence-corrected chi connectivity index (χ0v) is 10.0. The van der Waals surface area contributed by atoms with Crippen molar-refractivity contribution in [2.45, 2.75) is 38.6 Å². The van der Waals surface area contributed by atoms with Crippen molar-refractivity contribution in [2.75, 3.05) is 13.2 Å². The number of rotatable bonds is 5. The van der Waals surface area contributed by atoms with E-state index < -0.39 is 0 Å². The van der Waals surface area contributed by atoms with Crippen molar-refractivity contribution in [3.63, 3.8) is 0 Å². The van der Waals surface area contributed by atoms with Gasteiger partial charge in [0.1, 0.15) is 5.82 Å². The van der Waals surface area contributed by atoms with Gasteiger partial charge in [-0.3, -0.25) is 9.89 Å². The molecule has 94 valence electrons. The van der Waals surface area contributed by atoms with Crippen LogP contribution in [0.15, 0.2) is 0 Å². The number of amides is 1. The van der Waals surface area contributed by atoms with Crippen molar-refractivity contribution in [1.29, 1.82) is 0 Å². The van der Waals surface area contributed by atoms with Crippen molar-refractivity contribution >= 4 is 5.91 Å². The number of aryl methyl sites for hydroxylation is 1. The topological polar surface area (TPSA) is 82.1 Å². The van der Waals surface area contributed by atoms with Crippen LogP contribution in [0.1, 0.15) is 42.6 Å². The summed E-state index contributed by atoms with van der Waals surface area (Å²) < 4.78 is 0. The van der Waals surface area contributed by atoms with Gasteiger partial charge >= 0.3 is 0 Å². The van der Waals surface area contributed by atoms with Gasteiger partial charge in [0.15, 0.2) is 0 Å². The zero-order chi connectivity index (χ0) is 12.3. The summed E-state index contributed by atoms with van der Waals surface area (Å²) in [6, 6.07) is 0.248. The Hall–Kier alpha value is -1.43. The highest BCUT2D eigenvalue weighted by Gasteiger charge is 2.30. The molecule has 1 aliphatic carbocycles. The summed E-state index contributed by atoms with van der Waals surface area (Å²) in [7, 11) is 0. The van der Waals surface area contributed by atoms with Crippen molar-refractivity contribution in [3.8, 4) is 0 Å². The van der Waals surface area contributed by atoms with Crippen LogP contribution >= 0.6 is 0 Å². The summed E-state index contributed by atoms with van der Waals surface area (Å²) in [5.74, 6) is 0.743. The van der Waals surface area contributed by atoms with Gasteiger partial charge in [-0.05, 0) is 19.3 Å². The van der Waals surface area contributed by atoms with Gasteiger partial charge in [-0.15, -0.1) is 5.10 Å². The molecule has 0 spiro atoms. The Morgan fingerprint density at radius 3 is 2.82 bits per heavy atom. The third-order valence-electron chi connectivity index (χ3n) is 3.18. The van der Waals surface area contributed by atoms with Gasteiger partial charge in [-0.1, -0.05) is 6.92 Å². The van der Waals surface area contributed by atoms with Crippen LogP contribution in [-0.4, -0.2) is 50.3 Å². The van der Waals surface area contributed by atoms with Crippen LogP contribution < -0.4 is 0 Å². The van der Waals surface area contributed by atoms with Crippen LogP contribution in [0.5, 0.6) is 0 Å². The summed E-state index contributed by atoms with van der Waals surface area (Å²) in [5.41, 5.74) is 0. The Balaban J connectivity index is 2.09. The molecule has 2 rings (SSSR count). The van der Waals surface area contributed by atoms with E-state index in [0.717, 1.165) is 25.7 Å². The van der Waals surface area contributed by atoms with Crippen LogP contribution in [0.25, 0.3) is 0 Å². The van der Waals surface area contributed by atoms with Gasteiger partial charge < -0.3 is 10.0 Å². The number of aliphatic hydroxyl groups is 1. The molecule has 1 aliphatic rings. The fourth-order valence-corrected chi connectivity index (χ4v) is 1.93. The van der Waals surface area contributed by atoms with E-state index in [1.807, 2.05) is 6.92 Å². The van der Waals surface area contributed by atoms with E-state index in [2.05, 4.69) is 15.2 Å². The fraction of sp³-hybridized carbons (Fsp3) is 0.727. The third kappa shape index (κ3) is 2.46. The Morgan fingerprint density at radius 2 is 2.35 bits per heavy atom. The molecule has 6 heteroatoms. The first-order valence-electron chi connectivity index (χ1n) is 6.09. The lowest BCUT2D eigenvalue weighted by Gasteiger charge is -2.36. The second kappa shape index (κ2) is 5.27. The number of hydrogen-bond acceptors (Lipinski definition) is 4. The summed E-state index contributed by atoms with van der Waals surface area (Å²) in [4.78, 5) is 18.0. The molecule has 1 heterocycles. The van der Waals surface area contributed by atoms with Crippen LogP contribution in [0, 0.1) is 0 Å². The highest BCUT2D eigenvalue weighted by molar-refractivity contribution is 5.90. The molecule has 0 aliphatic heterocycles. The van der Waals surface area contributed by atoms with Gasteiger partial charge in [0.05, 0.1) is 6.61 Å². The summed E-state index contributed by atoms with van der Waals surface area (Å²) in [6.45, 7) is 2.29. The van der Waals surface area contributed by atoms with Crippen LogP contribution in [0.4, 0.5) is 0 Å². The minimum Gasteiger partial charge on any atom is -0.395 e. The van der Waals surface area contributed by atoms with Crippen molar-refractivity contribution in [2.24, 2.45) is 0 Å². The Labute approximate surface area is 100 Å². The van der Waals surface area contributed by atoms with Crippen LogP contribution in [0.2, 0.25) is 0 Å². The normalized spacial score (nSPS) is 15.6. The molecule has 0 bridgehead atoms. The first-order chi connectivity index (χ1) is 8.26. The Kier molecular flexibility index (Phi) is 3.73. The number of nitrogens with one attached hydrogen (secondary N) is 1. The number of aliphatic hydroxyl groups excluding tert-OH is 1. The van der Waals surface area contributed by atoms with E-state index in [1.54, 1.807) is 4.90 Å². The monoisotopic (exact) mass is 238 g/mol.